The predicted octanol–water partition coefficient (Wildman–Crippen LogP) is 0.387. The van der Waals surface area contributed by atoms with Crippen LogP contribution >= 0.6 is 0 Å². The third-order valence-electron chi connectivity index (χ3n) is 2.08. The van der Waals surface area contributed by atoms with Gasteiger partial charge in [0.25, 0.3) is 0 Å². The van der Waals surface area contributed by atoms with Gasteiger partial charge in [-0.1, -0.05) is 0 Å². The summed E-state index contributed by atoms with van der Waals surface area (Å²) >= 11 is 0. The van der Waals surface area contributed by atoms with E-state index in [1.165, 1.54) is 0 Å². The maximum absolute atomic E-state index is 5.86. The predicted molar refractivity (Wildman–Crippen MR) is 43.4 cm³/mol. The molecule has 2 N–H and O–H groups in total. The highest BCUT2D eigenvalue weighted by molar-refractivity contribution is 4.75. The molecule has 11 heavy (non-hydrogen) atoms. The van der Waals surface area contributed by atoms with Crippen LogP contribution in [0.25, 0.3) is 0 Å². The molecular weight excluding hydrogens is 142 g/mol. The summed E-state index contributed by atoms with van der Waals surface area (Å²) < 4.78 is 10.4. The number of hydrogen-bond donors (Lipinski definition) is 1. The molecular formula is C8H17NO2. The molecule has 0 aromatic heterocycles. The average Bonchev–Trinajstić information content (AvgIpc) is 2.52. The summed E-state index contributed by atoms with van der Waals surface area (Å²) in [5.41, 5.74) is 5.86. The van der Waals surface area contributed by atoms with Gasteiger partial charge in [-0.05, 0) is 13.3 Å². The second-order valence-electron chi connectivity index (χ2n) is 2.95. The Labute approximate surface area is 67.9 Å². The van der Waals surface area contributed by atoms with E-state index in [0.29, 0.717) is 12.5 Å². The maximum atomic E-state index is 5.86. The molecule has 1 aliphatic heterocycles. The van der Waals surface area contributed by atoms with E-state index in [1.807, 2.05) is 6.92 Å². The van der Waals surface area contributed by atoms with Crippen molar-refractivity contribution in [3.05, 3.63) is 0 Å². The Kier molecular flexibility index (Phi) is 3.83. The van der Waals surface area contributed by atoms with E-state index in [4.69, 9.17) is 15.2 Å². The molecule has 0 radical (unpaired) electrons. The van der Waals surface area contributed by atoms with E-state index in [0.717, 1.165) is 26.2 Å². The third kappa shape index (κ3) is 2.77. The van der Waals surface area contributed by atoms with E-state index in [9.17, 15) is 0 Å². The van der Waals surface area contributed by atoms with Crippen LogP contribution in [-0.4, -0.2) is 32.5 Å². The van der Waals surface area contributed by atoms with E-state index >= 15 is 0 Å². The second kappa shape index (κ2) is 4.70. The Morgan fingerprint density at radius 2 is 2.55 bits per heavy atom. The minimum absolute atomic E-state index is 0.164. The molecule has 1 aliphatic rings. The lowest BCUT2D eigenvalue weighted by Gasteiger charge is -2.16. The van der Waals surface area contributed by atoms with E-state index in [1.54, 1.807) is 0 Å². The summed E-state index contributed by atoms with van der Waals surface area (Å²) in [5, 5.41) is 0. The van der Waals surface area contributed by atoms with Crippen LogP contribution in [0.15, 0.2) is 0 Å². The Morgan fingerprint density at radius 3 is 3.09 bits per heavy atom. The first-order chi connectivity index (χ1) is 5.34. The molecule has 0 aromatic carbocycles. The Balaban J connectivity index is 2.12. The van der Waals surface area contributed by atoms with Crippen molar-refractivity contribution >= 4 is 0 Å². The quantitative estimate of drug-likeness (QED) is 0.645. The zero-order valence-corrected chi connectivity index (χ0v) is 7.08. The third-order valence-corrected chi connectivity index (χ3v) is 2.08. The first-order valence-electron chi connectivity index (χ1n) is 4.25. The van der Waals surface area contributed by atoms with Crippen molar-refractivity contribution in [1.82, 2.24) is 0 Å². The molecule has 0 spiro atoms. The van der Waals surface area contributed by atoms with Crippen LogP contribution in [0.1, 0.15) is 13.3 Å². The van der Waals surface area contributed by atoms with Gasteiger partial charge in [0, 0.05) is 25.2 Å². The summed E-state index contributed by atoms with van der Waals surface area (Å²) in [6.45, 7) is 5.09. The highest BCUT2D eigenvalue weighted by Gasteiger charge is 2.22. The van der Waals surface area contributed by atoms with Crippen molar-refractivity contribution in [2.45, 2.75) is 19.4 Å². The zero-order chi connectivity index (χ0) is 8.10. The smallest absolute Gasteiger partial charge is 0.0620 e. The van der Waals surface area contributed by atoms with E-state index in [-0.39, 0.29) is 6.04 Å². The number of rotatable bonds is 4. The van der Waals surface area contributed by atoms with Crippen molar-refractivity contribution < 1.29 is 9.47 Å². The molecule has 0 aliphatic carbocycles. The Hall–Kier alpha value is -0.120. The molecule has 2 unspecified atom stereocenters. The fourth-order valence-electron chi connectivity index (χ4n) is 1.28. The monoisotopic (exact) mass is 159 g/mol. The van der Waals surface area contributed by atoms with Gasteiger partial charge < -0.3 is 15.2 Å². The van der Waals surface area contributed by atoms with Gasteiger partial charge in [0.2, 0.25) is 0 Å². The average molecular weight is 159 g/mol. The summed E-state index contributed by atoms with van der Waals surface area (Å²) in [6, 6.07) is 0.164. The number of hydrogen-bond acceptors (Lipinski definition) is 3. The van der Waals surface area contributed by atoms with E-state index in [2.05, 4.69) is 0 Å². The first kappa shape index (κ1) is 8.97. The molecule has 1 fully saturated rings. The van der Waals surface area contributed by atoms with Crippen LogP contribution in [0.2, 0.25) is 0 Å². The zero-order valence-electron chi connectivity index (χ0n) is 7.08. The van der Waals surface area contributed by atoms with Gasteiger partial charge in [-0.2, -0.15) is 0 Å². The Bertz CT molecular complexity index is 102. The van der Waals surface area contributed by atoms with Crippen molar-refractivity contribution in [3.8, 4) is 0 Å². The summed E-state index contributed by atoms with van der Waals surface area (Å²) in [7, 11) is 0. The van der Waals surface area contributed by atoms with Crippen LogP contribution in [0, 0.1) is 5.92 Å². The van der Waals surface area contributed by atoms with Crippen LogP contribution in [0.3, 0.4) is 0 Å². The van der Waals surface area contributed by atoms with Gasteiger partial charge in [0.1, 0.15) is 0 Å². The molecule has 0 bridgehead atoms. The molecule has 1 saturated heterocycles. The molecule has 66 valence electrons. The fraction of sp³-hybridized carbons (Fsp3) is 1.00. The lowest BCUT2D eigenvalue weighted by Crippen LogP contribution is -2.35. The van der Waals surface area contributed by atoms with Gasteiger partial charge in [-0.25, -0.2) is 0 Å². The maximum Gasteiger partial charge on any atom is 0.0620 e. The minimum atomic E-state index is 0.164. The Morgan fingerprint density at radius 1 is 1.73 bits per heavy atom. The van der Waals surface area contributed by atoms with Crippen LogP contribution in [0.5, 0.6) is 0 Å². The summed E-state index contributed by atoms with van der Waals surface area (Å²) in [4.78, 5) is 0. The van der Waals surface area contributed by atoms with Crippen molar-refractivity contribution in [1.29, 1.82) is 0 Å². The van der Waals surface area contributed by atoms with Gasteiger partial charge >= 0.3 is 0 Å². The van der Waals surface area contributed by atoms with Gasteiger partial charge in [-0.3, -0.25) is 0 Å². The van der Waals surface area contributed by atoms with Gasteiger partial charge in [0.15, 0.2) is 0 Å². The van der Waals surface area contributed by atoms with Gasteiger partial charge in [0.05, 0.1) is 13.2 Å². The van der Waals surface area contributed by atoms with Crippen LogP contribution < -0.4 is 5.73 Å². The lowest BCUT2D eigenvalue weighted by atomic mass is 10.0. The minimum Gasteiger partial charge on any atom is -0.381 e. The largest absolute Gasteiger partial charge is 0.381 e. The molecule has 3 heteroatoms. The van der Waals surface area contributed by atoms with Crippen molar-refractivity contribution in [3.63, 3.8) is 0 Å². The summed E-state index contributed by atoms with van der Waals surface area (Å²) in [6.07, 6.45) is 1.09. The first-order valence-corrected chi connectivity index (χ1v) is 4.25. The van der Waals surface area contributed by atoms with Gasteiger partial charge in [-0.15, -0.1) is 0 Å². The molecule has 0 saturated carbocycles. The molecule has 0 aromatic rings. The van der Waals surface area contributed by atoms with Crippen LogP contribution in [-0.2, 0) is 9.47 Å². The lowest BCUT2D eigenvalue weighted by molar-refractivity contribution is 0.109. The molecule has 2 atom stereocenters. The topological polar surface area (TPSA) is 44.5 Å². The highest BCUT2D eigenvalue weighted by atomic mass is 16.5. The van der Waals surface area contributed by atoms with Crippen molar-refractivity contribution in [2.75, 3.05) is 26.4 Å². The van der Waals surface area contributed by atoms with Crippen molar-refractivity contribution in [2.24, 2.45) is 11.7 Å². The second-order valence-corrected chi connectivity index (χ2v) is 2.95. The fourth-order valence-corrected chi connectivity index (χ4v) is 1.28. The SMILES string of the molecule is CCOCC(N)C1CCOC1. The standard InChI is InChI=1S/C8H17NO2/c1-2-10-6-8(9)7-3-4-11-5-7/h7-8H,2-6,9H2,1H3. The molecule has 1 rings (SSSR count). The molecule has 1 heterocycles. The highest BCUT2D eigenvalue weighted by Crippen LogP contribution is 2.15. The molecule has 3 nitrogen and oxygen atoms in total. The van der Waals surface area contributed by atoms with E-state index < -0.39 is 0 Å². The summed E-state index contributed by atoms with van der Waals surface area (Å²) in [5.74, 6) is 0.515. The molecule has 0 amide bonds. The van der Waals surface area contributed by atoms with Crippen LogP contribution in [0.4, 0.5) is 0 Å². The number of ether oxygens (including phenoxy) is 2. The normalized spacial score (nSPS) is 27.3. The number of nitrogens with two attached hydrogens (primary N) is 1.